The Morgan fingerprint density at radius 1 is 0.800 bits per heavy atom. The highest BCUT2D eigenvalue weighted by Gasteiger charge is 2.30. The molecule has 2 aliphatic carbocycles. The van der Waals surface area contributed by atoms with E-state index in [2.05, 4.69) is 66.4 Å². The van der Waals surface area contributed by atoms with Crippen LogP contribution in [0.4, 0.5) is 5.69 Å². The number of rotatable bonds is 9. The van der Waals surface area contributed by atoms with Crippen LogP contribution in [0.15, 0.2) is 66.7 Å². The fourth-order valence-corrected chi connectivity index (χ4v) is 7.00. The molecular formula is C35H44N2O3. The van der Waals surface area contributed by atoms with Crippen LogP contribution < -0.4 is 4.90 Å². The Morgan fingerprint density at radius 2 is 1.52 bits per heavy atom. The Labute approximate surface area is 239 Å². The smallest absolute Gasteiger partial charge is 0.325 e. The lowest BCUT2D eigenvalue weighted by atomic mass is 9.80. The summed E-state index contributed by atoms with van der Waals surface area (Å²) in [5.41, 5.74) is 3.30. The second-order valence-corrected chi connectivity index (χ2v) is 11.5. The normalized spacial score (nSPS) is 19.8. The van der Waals surface area contributed by atoms with Crippen molar-refractivity contribution in [2.24, 2.45) is 0 Å². The van der Waals surface area contributed by atoms with Gasteiger partial charge in [0.15, 0.2) is 0 Å². The zero-order valence-corrected chi connectivity index (χ0v) is 24.2. The molecule has 1 amide bonds. The summed E-state index contributed by atoms with van der Waals surface area (Å²) in [6, 6.07) is 24.2. The number of esters is 1. The summed E-state index contributed by atoms with van der Waals surface area (Å²) >= 11 is 0. The molecule has 40 heavy (non-hydrogen) atoms. The summed E-state index contributed by atoms with van der Waals surface area (Å²) in [7, 11) is 0. The third-order valence-electron chi connectivity index (χ3n) is 9.01. The van der Waals surface area contributed by atoms with Crippen LogP contribution in [-0.4, -0.2) is 48.6 Å². The highest BCUT2D eigenvalue weighted by Crippen LogP contribution is 2.38. The number of benzene rings is 3. The van der Waals surface area contributed by atoms with E-state index in [1.165, 1.54) is 47.7 Å². The minimum atomic E-state index is -0.321. The lowest BCUT2D eigenvalue weighted by molar-refractivity contribution is -0.144. The number of hydrogen-bond donors (Lipinski definition) is 0. The molecule has 2 unspecified atom stereocenters. The first-order chi connectivity index (χ1) is 19.6. The molecule has 2 fully saturated rings. The zero-order chi connectivity index (χ0) is 27.9. The van der Waals surface area contributed by atoms with Crippen LogP contribution in [0.1, 0.15) is 93.5 Å². The van der Waals surface area contributed by atoms with Gasteiger partial charge in [0.05, 0.1) is 6.61 Å². The molecule has 212 valence electrons. The van der Waals surface area contributed by atoms with E-state index < -0.39 is 0 Å². The molecule has 0 aliphatic heterocycles. The van der Waals surface area contributed by atoms with E-state index in [-0.39, 0.29) is 24.5 Å². The Bertz CT molecular complexity index is 1280. The molecule has 0 spiro atoms. The number of fused-ring (bicyclic) bond motifs is 1. The van der Waals surface area contributed by atoms with Gasteiger partial charge in [0.1, 0.15) is 6.54 Å². The molecule has 5 heteroatoms. The third-order valence-corrected chi connectivity index (χ3v) is 9.01. The number of anilines is 1. The summed E-state index contributed by atoms with van der Waals surface area (Å²) in [5.74, 6) is 0.0972. The average molecular weight is 541 g/mol. The van der Waals surface area contributed by atoms with Gasteiger partial charge in [-0.15, -0.1) is 0 Å². The van der Waals surface area contributed by atoms with Gasteiger partial charge in [-0.25, -0.2) is 0 Å². The number of ether oxygens (including phenoxy) is 1. The van der Waals surface area contributed by atoms with Crippen LogP contribution in [0.25, 0.3) is 10.8 Å². The number of carbonyl (C=O) groups is 2. The quantitative estimate of drug-likeness (QED) is 0.261. The number of amides is 1. The van der Waals surface area contributed by atoms with Crippen LogP contribution in [-0.2, 0) is 9.53 Å². The maximum atomic E-state index is 13.6. The van der Waals surface area contributed by atoms with Gasteiger partial charge in [0, 0.05) is 35.3 Å². The molecule has 3 aromatic rings. The van der Waals surface area contributed by atoms with Gasteiger partial charge < -0.3 is 14.5 Å². The largest absolute Gasteiger partial charge is 0.465 e. The monoisotopic (exact) mass is 540 g/mol. The minimum Gasteiger partial charge on any atom is -0.465 e. The SMILES string of the molecule is CCOC(=O)CN(C(=O)c1ccc(C2CCCC(N(CC)c3cccc4ccccc34)C2)cc1)C1CCCCC1. The molecular weight excluding hydrogens is 496 g/mol. The third kappa shape index (κ3) is 6.35. The standard InChI is InChI=1S/C35H44N2O3/c1-3-36(33-19-11-13-27-12-8-9-18-32(27)33)31-17-10-14-29(24-31)26-20-22-28(23-21-26)35(39)37(25-34(38)40-4-2)30-15-6-5-7-16-30/h8-9,11-13,18-23,29-31H,3-7,10,14-17,24-25H2,1-2H3. The van der Waals surface area contributed by atoms with Crippen LogP contribution in [0, 0.1) is 0 Å². The molecule has 3 aromatic carbocycles. The first kappa shape index (κ1) is 28.2. The molecule has 0 radical (unpaired) electrons. The van der Waals surface area contributed by atoms with Crippen molar-refractivity contribution in [1.82, 2.24) is 4.90 Å². The van der Waals surface area contributed by atoms with E-state index >= 15 is 0 Å². The van der Waals surface area contributed by atoms with Crippen LogP contribution in [0.2, 0.25) is 0 Å². The lowest BCUT2D eigenvalue weighted by Crippen LogP contribution is -2.44. The summed E-state index contributed by atoms with van der Waals surface area (Å²) < 4.78 is 5.21. The van der Waals surface area contributed by atoms with Gasteiger partial charge in [-0.2, -0.15) is 0 Å². The Kier molecular flexibility index (Phi) is 9.41. The van der Waals surface area contributed by atoms with E-state index in [9.17, 15) is 9.59 Å². The molecule has 0 heterocycles. The predicted octanol–water partition coefficient (Wildman–Crippen LogP) is 7.73. The van der Waals surface area contributed by atoms with Crippen molar-refractivity contribution in [1.29, 1.82) is 0 Å². The number of hydrogen-bond acceptors (Lipinski definition) is 4. The van der Waals surface area contributed by atoms with Crippen LogP contribution in [0.5, 0.6) is 0 Å². The highest BCUT2D eigenvalue weighted by molar-refractivity contribution is 5.96. The van der Waals surface area contributed by atoms with Gasteiger partial charge in [-0.3, -0.25) is 9.59 Å². The van der Waals surface area contributed by atoms with Crippen molar-refractivity contribution < 1.29 is 14.3 Å². The summed E-state index contributed by atoms with van der Waals surface area (Å²) in [4.78, 5) is 30.4. The highest BCUT2D eigenvalue weighted by atomic mass is 16.5. The fourth-order valence-electron chi connectivity index (χ4n) is 7.00. The molecule has 0 saturated heterocycles. The first-order valence-electron chi connectivity index (χ1n) is 15.4. The van der Waals surface area contributed by atoms with Crippen molar-refractivity contribution in [2.75, 3.05) is 24.6 Å². The van der Waals surface area contributed by atoms with Crippen molar-refractivity contribution in [3.63, 3.8) is 0 Å². The zero-order valence-electron chi connectivity index (χ0n) is 24.2. The van der Waals surface area contributed by atoms with Gasteiger partial charge >= 0.3 is 5.97 Å². The number of carbonyl (C=O) groups excluding carboxylic acids is 2. The summed E-state index contributed by atoms with van der Waals surface area (Å²) in [6.07, 6.45) is 10.0. The second kappa shape index (κ2) is 13.3. The molecule has 0 aromatic heterocycles. The van der Waals surface area contributed by atoms with Crippen molar-refractivity contribution >= 4 is 28.3 Å². The van der Waals surface area contributed by atoms with Crippen LogP contribution >= 0.6 is 0 Å². The van der Waals surface area contributed by atoms with Crippen molar-refractivity contribution in [2.45, 2.75) is 89.6 Å². The van der Waals surface area contributed by atoms with Gasteiger partial charge in [-0.1, -0.05) is 74.2 Å². The molecule has 0 N–H and O–H groups in total. The Hall–Kier alpha value is -3.34. The van der Waals surface area contributed by atoms with Crippen molar-refractivity contribution in [3.8, 4) is 0 Å². The van der Waals surface area contributed by atoms with Gasteiger partial charge in [-0.05, 0) is 81.0 Å². The van der Waals surface area contributed by atoms with Crippen LogP contribution in [0.3, 0.4) is 0 Å². The Balaban J connectivity index is 1.31. The fraction of sp³-hybridized carbons (Fsp3) is 0.486. The maximum Gasteiger partial charge on any atom is 0.325 e. The first-order valence-corrected chi connectivity index (χ1v) is 15.4. The van der Waals surface area contributed by atoms with Gasteiger partial charge in [0.2, 0.25) is 0 Å². The predicted molar refractivity (Wildman–Crippen MR) is 163 cm³/mol. The van der Waals surface area contributed by atoms with Crippen molar-refractivity contribution in [3.05, 3.63) is 77.9 Å². The summed E-state index contributed by atoms with van der Waals surface area (Å²) in [6.45, 7) is 5.42. The minimum absolute atomic E-state index is 0.0322. The summed E-state index contributed by atoms with van der Waals surface area (Å²) in [5, 5.41) is 2.61. The van der Waals surface area contributed by atoms with E-state index in [1.54, 1.807) is 11.8 Å². The Morgan fingerprint density at radius 3 is 2.27 bits per heavy atom. The van der Waals surface area contributed by atoms with E-state index in [0.29, 0.717) is 24.1 Å². The average Bonchev–Trinajstić information content (AvgIpc) is 3.01. The van der Waals surface area contributed by atoms with Gasteiger partial charge in [0.25, 0.3) is 5.91 Å². The molecule has 2 atom stereocenters. The second-order valence-electron chi connectivity index (χ2n) is 11.5. The maximum absolute atomic E-state index is 13.6. The molecule has 5 rings (SSSR count). The molecule has 5 nitrogen and oxygen atoms in total. The molecule has 2 aliphatic rings. The molecule has 0 bridgehead atoms. The van der Waals surface area contributed by atoms with E-state index in [4.69, 9.17) is 4.74 Å². The topological polar surface area (TPSA) is 49.9 Å². The number of nitrogens with zero attached hydrogens (tertiary/aromatic N) is 2. The lowest BCUT2D eigenvalue weighted by Gasteiger charge is -2.39. The van der Waals surface area contributed by atoms with E-state index in [1.807, 2.05) is 12.1 Å². The van der Waals surface area contributed by atoms with E-state index in [0.717, 1.165) is 38.6 Å². The molecule has 2 saturated carbocycles.